The zero-order valence-electron chi connectivity index (χ0n) is 33.2. The van der Waals surface area contributed by atoms with Gasteiger partial charge in [0.15, 0.2) is 12.6 Å². The van der Waals surface area contributed by atoms with Crippen molar-refractivity contribution in [2.24, 2.45) is 38.9 Å². The maximum absolute atomic E-state index is 13.7. The molecule has 5 aliphatic carbocycles. The summed E-state index contributed by atoms with van der Waals surface area (Å²) in [6.07, 6.45) is -6.65. The van der Waals surface area contributed by atoms with E-state index < -0.39 is 88.9 Å². The number of fused-ring (bicyclic) bond motifs is 7. The Morgan fingerprint density at radius 1 is 0.741 bits per heavy atom. The molecular weight excluding hydrogens is 700 g/mol. The van der Waals surface area contributed by atoms with Gasteiger partial charge in [0.25, 0.3) is 0 Å². The number of carbonyl (C=O) groups is 1. The molecule has 1 unspecified atom stereocenters. The molecule has 54 heavy (non-hydrogen) atoms. The van der Waals surface area contributed by atoms with Gasteiger partial charge in [-0.1, -0.05) is 34.6 Å². The molecule has 4 heterocycles. The summed E-state index contributed by atoms with van der Waals surface area (Å²) < 4.78 is 30.4. The van der Waals surface area contributed by atoms with Crippen LogP contribution in [0.5, 0.6) is 0 Å². The van der Waals surface area contributed by atoms with Crippen LogP contribution >= 0.6 is 0 Å². The largest absolute Gasteiger partial charge is 0.455 e. The molecule has 4 saturated carbocycles. The van der Waals surface area contributed by atoms with E-state index in [1.165, 1.54) is 6.92 Å². The third kappa shape index (κ3) is 4.99. The van der Waals surface area contributed by atoms with E-state index in [9.17, 15) is 40.5 Å². The minimum absolute atomic E-state index is 0.142. The second-order valence-electron chi connectivity index (χ2n) is 20.2. The molecule has 1 spiro atoms. The molecule has 9 aliphatic rings. The first kappa shape index (κ1) is 39.6. The van der Waals surface area contributed by atoms with Crippen molar-refractivity contribution in [1.82, 2.24) is 0 Å². The molecule has 19 atom stereocenters. The van der Waals surface area contributed by atoms with E-state index in [0.717, 1.165) is 36.8 Å². The quantitative estimate of drug-likeness (QED) is 0.125. The molecule has 13 heteroatoms. The summed E-state index contributed by atoms with van der Waals surface area (Å²) in [5, 5.41) is 77.6. The number of hydrogen-bond acceptors (Lipinski definition) is 13. The predicted molar refractivity (Wildman–Crippen MR) is 191 cm³/mol. The van der Waals surface area contributed by atoms with Crippen LogP contribution in [0.2, 0.25) is 0 Å². The van der Waals surface area contributed by atoms with E-state index in [4.69, 9.17) is 23.7 Å². The average molecular weight is 765 g/mol. The highest BCUT2D eigenvalue weighted by Crippen LogP contribution is 2.77. The number of aliphatic hydroxyl groups excluding tert-OH is 6. The highest BCUT2D eigenvalue weighted by atomic mass is 16.8. The van der Waals surface area contributed by atoms with Crippen molar-refractivity contribution in [3.8, 4) is 0 Å². The Hall–Kier alpha value is -1.23. The standard InChI is InChI=1S/C41H64O13/c1-19-26(44)28(46)29(47)32(51-19)53-30-27(45)21(43)18-50-33(30)52-24-10-11-36(4)22(35(24,2)3)9-12-37(5)23(36)17-20(42)25-31-40(8,49)39(7)14-16-41(31,34(48)54-39)15-13-38(25,37)6/h19-24,26-30,32-33,42-47,49H,9-18H2,1-8H3/t19-,20+,21-,22?,23+,24-,26-,27-,28+,29+,30+,32-,33-,36-,37+,38+,39-,40-,41+/m0/s1. The Kier molecular flexibility index (Phi) is 9.09. The summed E-state index contributed by atoms with van der Waals surface area (Å²) in [7, 11) is 0. The lowest BCUT2D eigenvalue weighted by Crippen LogP contribution is -2.72. The molecular formula is C41H64O13. The van der Waals surface area contributed by atoms with Gasteiger partial charge in [-0.3, -0.25) is 4.79 Å². The molecule has 9 rings (SSSR count). The first-order valence-corrected chi connectivity index (χ1v) is 20.4. The maximum atomic E-state index is 13.7. The highest BCUT2D eigenvalue weighted by molar-refractivity contribution is 5.86. The van der Waals surface area contributed by atoms with Crippen LogP contribution in [0.15, 0.2) is 11.1 Å². The molecule has 4 saturated heterocycles. The fraction of sp³-hybridized carbons (Fsp3) is 0.927. The molecule has 306 valence electrons. The minimum Gasteiger partial charge on any atom is -0.455 e. The molecule has 2 bridgehead atoms. The van der Waals surface area contributed by atoms with Gasteiger partial charge in [0.1, 0.15) is 47.8 Å². The third-order valence-electron chi connectivity index (χ3n) is 17.5. The van der Waals surface area contributed by atoms with Crippen LogP contribution in [0.4, 0.5) is 0 Å². The van der Waals surface area contributed by atoms with E-state index in [1.54, 1.807) is 6.92 Å². The normalized spacial score (nSPS) is 58.1. The van der Waals surface area contributed by atoms with E-state index in [0.29, 0.717) is 32.1 Å². The van der Waals surface area contributed by atoms with Gasteiger partial charge in [0.05, 0.1) is 30.3 Å². The Balaban J connectivity index is 1.07. The minimum atomic E-state index is -1.61. The number of hydrogen-bond donors (Lipinski definition) is 7. The predicted octanol–water partition coefficient (Wildman–Crippen LogP) is 2.23. The van der Waals surface area contributed by atoms with Gasteiger partial charge >= 0.3 is 5.97 Å². The van der Waals surface area contributed by atoms with Crippen LogP contribution in [0, 0.1) is 38.9 Å². The van der Waals surface area contributed by atoms with E-state index in [2.05, 4.69) is 34.6 Å². The SMILES string of the molecule is C[C@@H]1O[C@@H](O[C@H]2[C@H](O[C@H]3CC[C@@]4(C)C(CC[C@]5(C)[C@@H]4C[C@@H](O)C4=C6[C@]7(CC[C@](C)(OC7=O)[C@@]6(C)O)CC[C@]45C)C3(C)C)OC[C@H](O)[C@@H]2O)[C@H](O)[C@H](O)[C@H]1O. The molecule has 0 aromatic heterocycles. The van der Waals surface area contributed by atoms with E-state index >= 15 is 0 Å². The smallest absolute Gasteiger partial charge is 0.317 e. The van der Waals surface area contributed by atoms with Crippen molar-refractivity contribution >= 4 is 5.97 Å². The molecule has 0 aromatic carbocycles. The molecule has 4 aliphatic heterocycles. The van der Waals surface area contributed by atoms with Crippen molar-refractivity contribution in [1.29, 1.82) is 0 Å². The van der Waals surface area contributed by atoms with E-state index in [1.807, 2.05) is 6.92 Å². The first-order valence-electron chi connectivity index (χ1n) is 20.4. The lowest BCUT2D eigenvalue weighted by atomic mass is 9.33. The van der Waals surface area contributed by atoms with Crippen molar-refractivity contribution in [2.75, 3.05) is 6.61 Å². The summed E-state index contributed by atoms with van der Waals surface area (Å²) in [5.74, 6) is 0.0692. The lowest BCUT2D eigenvalue weighted by Gasteiger charge is -2.73. The summed E-state index contributed by atoms with van der Waals surface area (Å²) in [6.45, 7) is 16.4. The molecule has 8 fully saturated rings. The zero-order valence-corrected chi connectivity index (χ0v) is 33.2. The van der Waals surface area contributed by atoms with Gasteiger partial charge in [0, 0.05) is 0 Å². The van der Waals surface area contributed by atoms with Gasteiger partial charge in [-0.15, -0.1) is 0 Å². The monoisotopic (exact) mass is 764 g/mol. The van der Waals surface area contributed by atoms with Crippen molar-refractivity contribution < 1.29 is 64.2 Å². The lowest BCUT2D eigenvalue weighted by molar-refractivity contribution is -0.364. The Morgan fingerprint density at radius 3 is 2.11 bits per heavy atom. The summed E-state index contributed by atoms with van der Waals surface area (Å²) in [4.78, 5) is 13.7. The third-order valence-corrected chi connectivity index (χ3v) is 17.5. The van der Waals surface area contributed by atoms with Crippen LogP contribution < -0.4 is 0 Å². The molecule has 7 N–H and O–H groups in total. The number of rotatable bonds is 4. The summed E-state index contributed by atoms with van der Waals surface area (Å²) >= 11 is 0. The second kappa shape index (κ2) is 12.4. The summed E-state index contributed by atoms with van der Waals surface area (Å²) in [5.41, 5.74) is -2.95. The van der Waals surface area contributed by atoms with Crippen LogP contribution in [-0.2, 0) is 28.5 Å². The van der Waals surface area contributed by atoms with Gasteiger partial charge in [-0.2, -0.15) is 0 Å². The maximum Gasteiger partial charge on any atom is 0.317 e. The number of carbonyl (C=O) groups excluding carboxylic acids is 1. The highest BCUT2D eigenvalue weighted by Gasteiger charge is 2.75. The molecule has 0 aromatic rings. The van der Waals surface area contributed by atoms with E-state index in [-0.39, 0.29) is 41.3 Å². The Labute approximate surface area is 318 Å². The van der Waals surface area contributed by atoms with Gasteiger partial charge in [-0.25, -0.2) is 0 Å². The van der Waals surface area contributed by atoms with Crippen LogP contribution in [0.1, 0.15) is 113 Å². The molecule has 0 amide bonds. The van der Waals surface area contributed by atoms with Crippen LogP contribution in [-0.4, -0.2) is 127 Å². The van der Waals surface area contributed by atoms with Crippen molar-refractivity contribution in [3.05, 3.63) is 11.1 Å². The topological polar surface area (TPSA) is 205 Å². The van der Waals surface area contributed by atoms with Crippen LogP contribution in [0.3, 0.4) is 0 Å². The summed E-state index contributed by atoms with van der Waals surface area (Å²) in [6, 6.07) is 0. The average Bonchev–Trinajstić information content (AvgIpc) is 3.09. The Bertz CT molecular complexity index is 1560. The van der Waals surface area contributed by atoms with Gasteiger partial charge < -0.3 is 59.4 Å². The fourth-order valence-electron chi connectivity index (χ4n) is 13.9. The zero-order chi connectivity index (χ0) is 39.3. The second-order valence-corrected chi connectivity index (χ2v) is 20.2. The van der Waals surface area contributed by atoms with Gasteiger partial charge in [-0.05, 0) is 123 Å². The number of aliphatic hydroxyl groups is 7. The fourth-order valence-corrected chi connectivity index (χ4v) is 13.9. The van der Waals surface area contributed by atoms with Crippen molar-refractivity contribution in [2.45, 2.75) is 192 Å². The molecule has 0 radical (unpaired) electrons. The van der Waals surface area contributed by atoms with Crippen molar-refractivity contribution in [3.63, 3.8) is 0 Å². The van der Waals surface area contributed by atoms with Crippen LogP contribution in [0.25, 0.3) is 0 Å². The number of ether oxygens (including phenoxy) is 5. The number of esters is 1. The molecule has 13 nitrogen and oxygen atoms in total. The Morgan fingerprint density at radius 2 is 1.43 bits per heavy atom. The first-order chi connectivity index (χ1) is 25.0. The van der Waals surface area contributed by atoms with Gasteiger partial charge in [0.2, 0.25) is 0 Å².